The van der Waals surface area contributed by atoms with Gasteiger partial charge in [0.2, 0.25) is 0 Å². The standard InChI is InChI=1S/C20H21N3O6/c1-2-29-20(25)17-13-15(6-7-18(17)22-8-10-28-11-9-22)21-19(24)14-4-3-5-16(12-14)23(26)27/h3-7,12-13H,2,8-11H2,1H3,(H,21,24). The fourth-order valence-corrected chi connectivity index (χ4v) is 3.03. The smallest absolute Gasteiger partial charge is 0.340 e. The lowest BCUT2D eigenvalue weighted by Crippen LogP contribution is -2.37. The minimum atomic E-state index is -0.563. The predicted molar refractivity (Wildman–Crippen MR) is 106 cm³/mol. The molecule has 0 radical (unpaired) electrons. The monoisotopic (exact) mass is 399 g/mol. The molecule has 0 unspecified atom stereocenters. The Balaban J connectivity index is 1.86. The predicted octanol–water partition coefficient (Wildman–Crippen LogP) is 2.86. The Morgan fingerprint density at radius 1 is 1.21 bits per heavy atom. The number of hydrogen-bond donors (Lipinski definition) is 1. The van der Waals surface area contributed by atoms with E-state index < -0.39 is 16.8 Å². The number of nitro groups is 1. The zero-order valence-electron chi connectivity index (χ0n) is 15.9. The molecule has 0 atom stereocenters. The summed E-state index contributed by atoms with van der Waals surface area (Å²) in [4.78, 5) is 37.4. The number of anilines is 2. The van der Waals surface area contributed by atoms with E-state index in [0.29, 0.717) is 43.2 Å². The lowest BCUT2D eigenvalue weighted by Gasteiger charge is -2.30. The van der Waals surface area contributed by atoms with Gasteiger partial charge >= 0.3 is 5.97 Å². The number of nitrogens with one attached hydrogen (secondary N) is 1. The summed E-state index contributed by atoms with van der Waals surface area (Å²) in [5.74, 6) is -0.997. The molecule has 0 bridgehead atoms. The molecule has 2 aromatic rings. The fourth-order valence-electron chi connectivity index (χ4n) is 3.03. The lowest BCUT2D eigenvalue weighted by molar-refractivity contribution is -0.384. The van der Waals surface area contributed by atoms with Gasteiger partial charge in [0.1, 0.15) is 0 Å². The van der Waals surface area contributed by atoms with Gasteiger partial charge in [0.05, 0.1) is 36.0 Å². The molecule has 9 heteroatoms. The Morgan fingerprint density at radius 3 is 2.66 bits per heavy atom. The van der Waals surface area contributed by atoms with Crippen molar-refractivity contribution in [2.45, 2.75) is 6.92 Å². The van der Waals surface area contributed by atoms with E-state index in [-0.39, 0.29) is 17.9 Å². The molecule has 0 saturated carbocycles. The van der Waals surface area contributed by atoms with Crippen LogP contribution in [-0.4, -0.2) is 49.7 Å². The SMILES string of the molecule is CCOC(=O)c1cc(NC(=O)c2cccc([N+](=O)[O-])c2)ccc1N1CCOCC1. The quantitative estimate of drug-likeness (QED) is 0.452. The van der Waals surface area contributed by atoms with Gasteiger partial charge in [-0.05, 0) is 31.2 Å². The number of morpholine rings is 1. The average Bonchev–Trinajstić information content (AvgIpc) is 2.74. The molecule has 1 aliphatic heterocycles. The number of esters is 1. The van der Waals surface area contributed by atoms with E-state index in [9.17, 15) is 19.7 Å². The molecule has 1 saturated heterocycles. The number of carbonyl (C=O) groups excluding carboxylic acids is 2. The first-order chi connectivity index (χ1) is 14.0. The zero-order chi connectivity index (χ0) is 20.8. The molecule has 1 N–H and O–H groups in total. The van der Waals surface area contributed by atoms with Gasteiger partial charge in [0.15, 0.2) is 0 Å². The second kappa shape index (κ2) is 9.16. The number of hydrogen-bond acceptors (Lipinski definition) is 7. The van der Waals surface area contributed by atoms with Crippen LogP contribution in [0.15, 0.2) is 42.5 Å². The summed E-state index contributed by atoms with van der Waals surface area (Å²) in [6.07, 6.45) is 0. The summed E-state index contributed by atoms with van der Waals surface area (Å²) in [6, 6.07) is 10.4. The topological polar surface area (TPSA) is 111 Å². The summed E-state index contributed by atoms with van der Waals surface area (Å²) < 4.78 is 10.5. The van der Waals surface area contributed by atoms with Crippen LogP contribution in [0.25, 0.3) is 0 Å². The molecular formula is C20H21N3O6. The molecule has 3 rings (SSSR count). The van der Waals surface area contributed by atoms with Crippen LogP contribution < -0.4 is 10.2 Å². The van der Waals surface area contributed by atoms with E-state index in [1.807, 2.05) is 4.90 Å². The van der Waals surface area contributed by atoms with E-state index >= 15 is 0 Å². The van der Waals surface area contributed by atoms with Crippen LogP contribution in [0.5, 0.6) is 0 Å². The van der Waals surface area contributed by atoms with Crippen molar-refractivity contribution in [3.63, 3.8) is 0 Å². The lowest BCUT2D eigenvalue weighted by atomic mass is 10.1. The van der Waals surface area contributed by atoms with E-state index in [2.05, 4.69) is 5.32 Å². The highest BCUT2D eigenvalue weighted by Crippen LogP contribution is 2.27. The number of amides is 1. The fraction of sp³-hybridized carbons (Fsp3) is 0.300. The Hall–Kier alpha value is -3.46. The van der Waals surface area contributed by atoms with Crippen LogP contribution in [0.3, 0.4) is 0 Å². The van der Waals surface area contributed by atoms with Gasteiger partial charge in [-0.1, -0.05) is 6.07 Å². The number of carbonyl (C=O) groups is 2. The van der Waals surface area contributed by atoms with Crippen molar-refractivity contribution in [1.29, 1.82) is 0 Å². The molecule has 1 aliphatic rings. The van der Waals surface area contributed by atoms with Crippen molar-refractivity contribution in [3.05, 3.63) is 63.7 Å². The number of nitrogens with zero attached hydrogens (tertiary/aromatic N) is 2. The minimum Gasteiger partial charge on any atom is -0.462 e. The second-order valence-electron chi connectivity index (χ2n) is 6.31. The Bertz CT molecular complexity index is 924. The zero-order valence-corrected chi connectivity index (χ0v) is 15.9. The summed E-state index contributed by atoms with van der Waals surface area (Å²) in [5.41, 5.74) is 1.41. The van der Waals surface area contributed by atoms with Crippen molar-refractivity contribution in [2.24, 2.45) is 0 Å². The van der Waals surface area contributed by atoms with Crippen molar-refractivity contribution >= 4 is 28.9 Å². The van der Waals surface area contributed by atoms with E-state index in [0.717, 1.165) is 0 Å². The normalized spacial score (nSPS) is 13.6. The van der Waals surface area contributed by atoms with Gasteiger partial charge in [-0.25, -0.2) is 4.79 Å². The van der Waals surface area contributed by atoms with Gasteiger partial charge in [0, 0.05) is 36.5 Å². The molecule has 1 heterocycles. The molecule has 152 valence electrons. The Morgan fingerprint density at radius 2 is 1.97 bits per heavy atom. The van der Waals surface area contributed by atoms with Crippen molar-refractivity contribution in [2.75, 3.05) is 43.1 Å². The van der Waals surface area contributed by atoms with Gasteiger partial charge in [0.25, 0.3) is 11.6 Å². The molecule has 1 amide bonds. The van der Waals surface area contributed by atoms with Gasteiger partial charge in [-0.2, -0.15) is 0 Å². The summed E-state index contributed by atoms with van der Waals surface area (Å²) >= 11 is 0. The molecule has 2 aromatic carbocycles. The molecule has 0 spiro atoms. The molecule has 1 fully saturated rings. The molecule has 29 heavy (non-hydrogen) atoms. The van der Waals surface area contributed by atoms with E-state index in [1.165, 1.54) is 24.3 Å². The summed E-state index contributed by atoms with van der Waals surface area (Å²) in [5, 5.41) is 13.6. The van der Waals surface area contributed by atoms with Crippen molar-refractivity contribution < 1.29 is 24.0 Å². The van der Waals surface area contributed by atoms with Crippen LogP contribution in [0.1, 0.15) is 27.6 Å². The highest BCUT2D eigenvalue weighted by atomic mass is 16.6. The van der Waals surface area contributed by atoms with Gasteiger partial charge < -0.3 is 19.7 Å². The van der Waals surface area contributed by atoms with Crippen LogP contribution in [0, 0.1) is 10.1 Å². The molecule has 9 nitrogen and oxygen atoms in total. The highest BCUT2D eigenvalue weighted by molar-refractivity contribution is 6.06. The maximum absolute atomic E-state index is 12.5. The van der Waals surface area contributed by atoms with E-state index in [1.54, 1.807) is 25.1 Å². The number of nitro benzene ring substituents is 1. The Kier molecular flexibility index (Phi) is 6.40. The number of non-ortho nitro benzene ring substituents is 1. The van der Waals surface area contributed by atoms with Gasteiger partial charge in [-0.15, -0.1) is 0 Å². The van der Waals surface area contributed by atoms with Crippen molar-refractivity contribution in [1.82, 2.24) is 0 Å². The van der Waals surface area contributed by atoms with Crippen LogP contribution in [0.4, 0.5) is 17.1 Å². The third-order valence-corrected chi connectivity index (χ3v) is 4.42. The summed E-state index contributed by atoms with van der Waals surface area (Å²) in [6.45, 7) is 4.37. The third-order valence-electron chi connectivity index (χ3n) is 4.42. The number of benzene rings is 2. The number of rotatable bonds is 6. The van der Waals surface area contributed by atoms with Crippen LogP contribution >= 0.6 is 0 Å². The largest absolute Gasteiger partial charge is 0.462 e. The van der Waals surface area contributed by atoms with Crippen LogP contribution in [0.2, 0.25) is 0 Å². The highest BCUT2D eigenvalue weighted by Gasteiger charge is 2.21. The maximum Gasteiger partial charge on any atom is 0.340 e. The van der Waals surface area contributed by atoms with Crippen molar-refractivity contribution in [3.8, 4) is 0 Å². The summed E-state index contributed by atoms with van der Waals surface area (Å²) in [7, 11) is 0. The maximum atomic E-state index is 12.5. The average molecular weight is 399 g/mol. The minimum absolute atomic E-state index is 0.147. The second-order valence-corrected chi connectivity index (χ2v) is 6.31. The molecular weight excluding hydrogens is 378 g/mol. The van der Waals surface area contributed by atoms with Crippen LogP contribution in [-0.2, 0) is 9.47 Å². The van der Waals surface area contributed by atoms with E-state index in [4.69, 9.17) is 9.47 Å². The first-order valence-electron chi connectivity index (χ1n) is 9.19. The first kappa shape index (κ1) is 20.3. The van der Waals surface area contributed by atoms with Gasteiger partial charge in [-0.3, -0.25) is 14.9 Å². The molecule has 0 aliphatic carbocycles. The number of ether oxygens (including phenoxy) is 2. The first-order valence-corrected chi connectivity index (χ1v) is 9.19. The Labute approximate surface area is 167 Å². The third kappa shape index (κ3) is 4.88. The molecule has 0 aromatic heterocycles.